The van der Waals surface area contributed by atoms with Crippen LogP contribution in [0.3, 0.4) is 0 Å². The molecular formula is C30H45N2O2+. The van der Waals surface area contributed by atoms with Crippen LogP contribution in [0, 0.1) is 0 Å². The highest BCUT2D eigenvalue weighted by Gasteiger charge is 2.24. The second-order valence-corrected chi connectivity index (χ2v) is 9.86. The quantitative estimate of drug-likeness (QED) is 0.221. The van der Waals surface area contributed by atoms with E-state index in [0.717, 1.165) is 55.3 Å². The van der Waals surface area contributed by atoms with Gasteiger partial charge in [0.25, 0.3) is 0 Å². The fourth-order valence-corrected chi connectivity index (χ4v) is 4.13. The summed E-state index contributed by atoms with van der Waals surface area (Å²) in [7, 11) is 0. The van der Waals surface area contributed by atoms with Crippen LogP contribution in [0.1, 0.15) is 95.9 Å². The summed E-state index contributed by atoms with van der Waals surface area (Å²) in [6.45, 7) is 13.7. The van der Waals surface area contributed by atoms with Crippen LogP contribution >= 0.6 is 0 Å². The van der Waals surface area contributed by atoms with E-state index in [1.54, 1.807) is 0 Å². The molecule has 4 nitrogen and oxygen atoms in total. The number of ether oxygens (including phenoxy) is 1. The number of nitrogens with zero attached hydrogens (tertiary/aromatic N) is 1. The van der Waals surface area contributed by atoms with E-state index in [2.05, 4.69) is 53.8 Å². The molecule has 1 N–H and O–H groups in total. The second-order valence-electron chi connectivity index (χ2n) is 9.86. The minimum absolute atomic E-state index is 0.363. The van der Waals surface area contributed by atoms with Crippen LogP contribution in [0.5, 0.6) is 0 Å². The van der Waals surface area contributed by atoms with Gasteiger partial charge in [0.1, 0.15) is 6.54 Å². The maximum absolute atomic E-state index is 12.3. The van der Waals surface area contributed by atoms with Crippen LogP contribution in [-0.4, -0.2) is 12.7 Å². The van der Waals surface area contributed by atoms with Crippen LogP contribution in [0.25, 0.3) is 5.57 Å². The summed E-state index contributed by atoms with van der Waals surface area (Å²) in [5.74, 6) is 0. The van der Waals surface area contributed by atoms with Crippen LogP contribution < -0.4 is 9.88 Å². The largest absolute Gasteiger partial charge is 0.450 e. The van der Waals surface area contributed by atoms with E-state index in [1.165, 1.54) is 31.4 Å². The molecule has 0 aliphatic rings. The third-order valence-corrected chi connectivity index (χ3v) is 6.34. The van der Waals surface area contributed by atoms with Crippen molar-refractivity contribution in [3.8, 4) is 0 Å². The van der Waals surface area contributed by atoms with Gasteiger partial charge in [-0.1, -0.05) is 62.6 Å². The van der Waals surface area contributed by atoms with Gasteiger partial charge in [-0.15, -0.1) is 0 Å². The Balaban J connectivity index is 1.65. The third-order valence-electron chi connectivity index (χ3n) is 6.34. The van der Waals surface area contributed by atoms with Crippen molar-refractivity contribution in [1.82, 2.24) is 5.32 Å². The molecule has 1 heterocycles. The van der Waals surface area contributed by atoms with Crippen molar-refractivity contribution in [2.24, 2.45) is 0 Å². The van der Waals surface area contributed by atoms with Gasteiger partial charge < -0.3 is 10.1 Å². The third kappa shape index (κ3) is 9.70. The lowest BCUT2D eigenvalue weighted by molar-refractivity contribution is -0.704. The highest BCUT2D eigenvalue weighted by molar-refractivity contribution is 5.69. The van der Waals surface area contributed by atoms with Crippen molar-refractivity contribution in [3.63, 3.8) is 0 Å². The summed E-state index contributed by atoms with van der Waals surface area (Å²) in [5.41, 5.74) is 4.05. The zero-order valence-corrected chi connectivity index (χ0v) is 21.9. The molecule has 0 saturated carbocycles. The summed E-state index contributed by atoms with van der Waals surface area (Å²) < 4.78 is 7.86. The second kappa shape index (κ2) is 14.6. The monoisotopic (exact) mass is 465 g/mol. The van der Waals surface area contributed by atoms with Crippen molar-refractivity contribution in [2.45, 2.75) is 97.6 Å². The number of nitrogens with one attached hydrogen (secondary N) is 1. The van der Waals surface area contributed by atoms with Gasteiger partial charge in [-0.25, -0.2) is 9.36 Å². The number of carbonyl (C=O) groups excluding carboxylic acids is 1. The maximum Gasteiger partial charge on any atom is 0.407 e. The number of aromatic nitrogens is 1. The van der Waals surface area contributed by atoms with E-state index in [9.17, 15) is 4.79 Å². The lowest BCUT2D eigenvalue weighted by atomic mass is 9.92. The van der Waals surface area contributed by atoms with E-state index < -0.39 is 5.54 Å². The van der Waals surface area contributed by atoms with Crippen LogP contribution in [-0.2, 0) is 23.2 Å². The molecule has 0 bridgehead atoms. The fraction of sp³-hybridized carbons (Fsp3) is 0.533. The Labute approximate surface area is 207 Å². The lowest BCUT2D eigenvalue weighted by Gasteiger charge is -2.27. The average Bonchev–Trinajstić information content (AvgIpc) is 2.81. The van der Waals surface area contributed by atoms with Crippen LogP contribution in [0.2, 0.25) is 0 Å². The molecule has 2 aromatic rings. The summed E-state index contributed by atoms with van der Waals surface area (Å²) in [4.78, 5) is 12.3. The summed E-state index contributed by atoms with van der Waals surface area (Å²) in [6.07, 6.45) is 12.4. The number of rotatable bonds is 15. The molecule has 4 heteroatoms. The molecule has 0 unspecified atom stereocenters. The zero-order chi connectivity index (χ0) is 24.8. The van der Waals surface area contributed by atoms with Gasteiger partial charge in [0.05, 0.1) is 12.1 Å². The predicted molar refractivity (Wildman–Crippen MR) is 142 cm³/mol. The van der Waals surface area contributed by atoms with Gasteiger partial charge in [0, 0.05) is 25.0 Å². The lowest BCUT2D eigenvalue weighted by Crippen LogP contribution is -2.41. The van der Waals surface area contributed by atoms with E-state index in [4.69, 9.17) is 4.74 Å². The molecule has 34 heavy (non-hydrogen) atoms. The van der Waals surface area contributed by atoms with E-state index >= 15 is 0 Å². The Morgan fingerprint density at radius 2 is 1.76 bits per heavy atom. The number of alkyl carbamates (subject to hydrolysis) is 1. The molecule has 1 aromatic heterocycles. The number of benzene rings is 1. The molecule has 1 aromatic carbocycles. The smallest absolute Gasteiger partial charge is 0.407 e. The molecule has 1 amide bonds. The van der Waals surface area contributed by atoms with Crippen LogP contribution in [0.4, 0.5) is 4.79 Å². The molecule has 0 aliphatic carbocycles. The van der Waals surface area contributed by atoms with Crippen molar-refractivity contribution < 1.29 is 14.1 Å². The Kier molecular flexibility index (Phi) is 11.9. The molecule has 2 rings (SSSR count). The van der Waals surface area contributed by atoms with Gasteiger partial charge in [-0.2, -0.15) is 0 Å². The maximum atomic E-state index is 12.3. The van der Waals surface area contributed by atoms with Gasteiger partial charge in [-0.3, -0.25) is 0 Å². The minimum atomic E-state index is -0.510. The normalized spacial score (nSPS) is 11.3. The Bertz CT molecular complexity index is 904. The number of allylic oxidation sites excluding steroid dienone is 1. The molecule has 0 fully saturated rings. The highest BCUT2D eigenvalue weighted by atomic mass is 16.5. The van der Waals surface area contributed by atoms with E-state index in [-0.39, 0.29) is 6.09 Å². The Hall–Kier alpha value is -2.62. The first-order valence-corrected chi connectivity index (χ1v) is 13.0. The number of aryl methyl sites for hydroxylation is 2. The number of amides is 1. The van der Waals surface area contributed by atoms with Crippen molar-refractivity contribution >= 4 is 11.7 Å². The summed E-state index contributed by atoms with van der Waals surface area (Å²) in [5, 5.41) is 3.00. The van der Waals surface area contributed by atoms with Gasteiger partial charge in [-0.05, 0) is 63.6 Å². The molecular weight excluding hydrogens is 420 g/mol. The molecule has 0 radical (unpaired) electrons. The first kappa shape index (κ1) is 27.6. The Morgan fingerprint density at radius 1 is 1.00 bits per heavy atom. The number of unbranched alkanes of at least 4 members (excludes halogenated alkanes) is 6. The first-order valence-electron chi connectivity index (χ1n) is 13.0. The minimum Gasteiger partial charge on any atom is -0.450 e. The Morgan fingerprint density at radius 3 is 2.53 bits per heavy atom. The van der Waals surface area contributed by atoms with Crippen molar-refractivity contribution in [1.29, 1.82) is 0 Å². The molecule has 0 aliphatic heterocycles. The number of hydrogen-bond acceptors (Lipinski definition) is 2. The number of pyridine rings is 1. The number of carbonyl (C=O) groups is 1. The predicted octanol–water partition coefficient (Wildman–Crippen LogP) is 7.35. The first-order chi connectivity index (χ1) is 16.3. The molecule has 186 valence electrons. The summed E-state index contributed by atoms with van der Waals surface area (Å²) >= 11 is 0. The van der Waals surface area contributed by atoms with Gasteiger partial charge >= 0.3 is 6.09 Å². The van der Waals surface area contributed by atoms with E-state index in [0.29, 0.717) is 6.61 Å². The molecule has 0 atom stereocenters. The molecule has 0 spiro atoms. The topological polar surface area (TPSA) is 42.2 Å². The SMILES string of the molecule is C=C(C)c1cccc(C(C)(C)NC(=O)OCCCCCC[n+]2ccccc2CCCCCC)c1. The fourth-order valence-electron chi connectivity index (χ4n) is 4.13. The van der Waals surface area contributed by atoms with Crippen LogP contribution in [0.15, 0.2) is 55.2 Å². The van der Waals surface area contributed by atoms with Crippen molar-refractivity contribution in [3.05, 3.63) is 72.1 Å². The molecule has 0 saturated heterocycles. The van der Waals surface area contributed by atoms with E-state index in [1.807, 2.05) is 39.0 Å². The van der Waals surface area contributed by atoms with Gasteiger partial charge in [0.2, 0.25) is 0 Å². The average molecular weight is 466 g/mol. The summed E-state index contributed by atoms with van der Waals surface area (Å²) in [6, 6.07) is 14.7. The standard InChI is InChI=1S/C30H44N2O2/c1-6-7-8-11-19-28-20-12-14-22-32(28)21-13-9-10-15-23-34-29(33)31-30(4,5)27-18-16-17-26(24-27)25(2)3/h12,14,16-18,20,22,24H,2,6-11,13,15,19,21,23H2,1,3-5H3/p+1. The number of hydrogen-bond donors (Lipinski definition) is 1. The van der Waals surface area contributed by atoms with Crippen molar-refractivity contribution in [2.75, 3.05) is 6.61 Å². The highest BCUT2D eigenvalue weighted by Crippen LogP contribution is 2.23. The zero-order valence-electron chi connectivity index (χ0n) is 21.9. The van der Waals surface area contributed by atoms with Gasteiger partial charge in [0.15, 0.2) is 11.9 Å².